The molecule has 17 heavy (non-hydrogen) atoms. The second-order valence-electron chi connectivity index (χ2n) is 4.14. The summed E-state index contributed by atoms with van der Waals surface area (Å²) in [6, 6.07) is 6.44. The molecule has 3 rings (SSSR count). The molecule has 5 heteroatoms. The Morgan fingerprint density at radius 2 is 2.29 bits per heavy atom. The molecule has 0 aromatic carbocycles. The quantitative estimate of drug-likeness (QED) is 0.813. The van der Waals surface area contributed by atoms with Crippen LogP contribution >= 0.6 is 15.9 Å². The molecular formula is C12H12BrN3O. The first-order valence-electron chi connectivity index (χ1n) is 5.59. The third-order valence-corrected chi connectivity index (χ3v) is 3.24. The average Bonchev–Trinajstić information content (AvgIpc) is 3.03. The molecule has 0 unspecified atom stereocenters. The van der Waals surface area contributed by atoms with Crippen LogP contribution in [0.2, 0.25) is 0 Å². The van der Waals surface area contributed by atoms with Gasteiger partial charge in [0.2, 0.25) is 0 Å². The van der Waals surface area contributed by atoms with Gasteiger partial charge in [0, 0.05) is 12.1 Å². The molecule has 0 atom stereocenters. The summed E-state index contributed by atoms with van der Waals surface area (Å²) in [6.45, 7) is 0.765. The molecule has 0 N–H and O–H groups in total. The SMILES string of the molecule is Brc1cc(N(Cc2ccco2)C2CC2)ncn1. The largest absolute Gasteiger partial charge is 0.467 e. The van der Waals surface area contributed by atoms with Crippen LogP contribution in [-0.4, -0.2) is 16.0 Å². The van der Waals surface area contributed by atoms with Gasteiger partial charge in [0.05, 0.1) is 12.8 Å². The van der Waals surface area contributed by atoms with E-state index in [1.807, 2.05) is 18.2 Å². The molecule has 88 valence electrons. The number of hydrogen-bond donors (Lipinski definition) is 0. The van der Waals surface area contributed by atoms with Crippen molar-refractivity contribution in [2.24, 2.45) is 0 Å². The number of halogens is 1. The van der Waals surface area contributed by atoms with Crippen LogP contribution in [0.3, 0.4) is 0 Å². The molecule has 0 spiro atoms. The Kier molecular flexibility index (Phi) is 2.84. The van der Waals surface area contributed by atoms with E-state index in [-0.39, 0.29) is 0 Å². The molecule has 0 saturated heterocycles. The van der Waals surface area contributed by atoms with Gasteiger partial charge in [-0.15, -0.1) is 0 Å². The molecule has 2 heterocycles. The van der Waals surface area contributed by atoms with Crippen LogP contribution in [0, 0.1) is 0 Å². The van der Waals surface area contributed by atoms with Crippen LogP contribution in [0.1, 0.15) is 18.6 Å². The first kappa shape index (κ1) is 10.8. The van der Waals surface area contributed by atoms with Gasteiger partial charge in [0.15, 0.2) is 0 Å². The highest BCUT2D eigenvalue weighted by Crippen LogP contribution is 2.32. The topological polar surface area (TPSA) is 42.2 Å². The van der Waals surface area contributed by atoms with Crippen molar-refractivity contribution < 1.29 is 4.42 Å². The fourth-order valence-electron chi connectivity index (χ4n) is 1.84. The van der Waals surface area contributed by atoms with Gasteiger partial charge in [-0.1, -0.05) is 0 Å². The Morgan fingerprint density at radius 3 is 2.94 bits per heavy atom. The summed E-state index contributed by atoms with van der Waals surface area (Å²) in [5.41, 5.74) is 0. The summed E-state index contributed by atoms with van der Waals surface area (Å²) in [5, 5.41) is 0. The molecule has 1 aliphatic carbocycles. The lowest BCUT2D eigenvalue weighted by Gasteiger charge is -2.22. The van der Waals surface area contributed by atoms with Crippen molar-refractivity contribution in [3.63, 3.8) is 0 Å². The molecule has 4 nitrogen and oxygen atoms in total. The summed E-state index contributed by atoms with van der Waals surface area (Å²) in [5.74, 6) is 1.91. The first-order chi connectivity index (χ1) is 8.33. The Balaban J connectivity index is 1.85. The highest BCUT2D eigenvalue weighted by Gasteiger charge is 2.30. The van der Waals surface area contributed by atoms with Crippen molar-refractivity contribution in [3.05, 3.63) is 41.2 Å². The van der Waals surface area contributed by atoms with E-state index >= 15 is 0 Å². The molecular weight excluding hydrogens is 282 g/mol. The van der Waals surface area contributed by atoms with Gasteiger partial charge in [0.25, 0.3) is 0 Å². The molecule has 2 aromatic rings. The number of hydrogen-bond acceptors (Lipinski definition) is 4. The van der Waals surface area contributed by atoms with Crippen LogP contribution in [-0.2, 0) is 6.54 Å². The van der Waals surface area contributed by atoms with Crippen molar-refractivity contribution in [2.45, 2.75) is 25.4 Å². The summed E-state index contributed by atoms with van der Waals surface area (Å²) >= 11 is 3.38. The number of rotatable bonds is 4. The van der Waals surface area contributed by atoms with E-state index in [0.717, 1.165) is 22.7 Å². The maximum Gasteiger partial charge on any atom is 0.133 e. The third-order valence-electron chi connectivity index (χ3n) is 2.81. The minimum absolute atomic E-state index is 0.585. The highest BCUT2D eigenvalue weighted by atomic mass is 79.9. The summed E-state index contributed by atoms with van der Waals surface area (Å²) in [6.07, 6.45) is 5.73. The van der Waals surface area contributed by atoms with Gasteiger partial charge < -0.3 is 9.32 Å². The minimum Gasteiger partial charge on any atom is -0.467 e. The zero-order valence-electron chi connectivity index (χ0n) is 9.21. The molecule has 1 aliphatic rings. The predicted octanol–water partition coefficient (Wildman–Crippen LogP) is 3.00. The van der Waals surface area contributed by atoms with Gasteiger partial charge in [-0.05, 0) is 40.9 Å². The predicted molar refractivity (Wildman–Crippen MR) is 67.6 cm³/mol. The number of furan rings is 1. The molecule has 0 aliphatic heterocycles. The van der Waals surface area contributed by atoms with Crippen molar-refractivity contribution in [2.75, 3.05) is 4.90 Å². The second kappa shape index (κ2) is 4.49. The summed E-state index contributed by atoms with van der Waals surface area (Å²) in [4.78, 5) is 10.6. The van der Waals surface area contributed by atoms with Crippen molar-refractivity contribution in [1.29, 1.82) is 0 Å². The van der Waals surface area contributed by atoms with Crippen LogP contribution in [0.5, 0.6) is 0 Å². The molecule has 0 radical (unpaired) electrons. The van der Waals surface area contributed by atoms with Crippen LogP contribution in [0.4, 0.5) is 5.82 Å². The molecule has 0 bridgehead atoms. The third kappa shape index (κ3) is 2.49. The van der Waals surface area contributed by atoms with E-state index in [2.05, 4.69) is 30.8 Å². The fourth-order valence-corrected chi connectivity index (χ4v) is 2.13. The Labute approximate surface area is 108 Å². The van der Waals surface area contributed by atoms with Gasteiger partial charge in [-0.25, -0.2) is 9.97 Å². The van der Waals surface area contributed by atoms with Crippen LogP contribution < -0.4 is 4.90 Å². The molecule has 1 fully saturated rings. The normalized spacial score (nSPS) is 14.9. The van der Waals surface area contributed by atoms with Crippen molar-refractivity contribution >= 4 is 21.7 Å². The van der Waals surface area contributed by atoms with Crippen molar-refractivity contribution in [3.8, 4) is 0 Å². The van der Waals surface area contributed by atoms with E-state index in [9.17, 15) is 0 Å². The zero-order valence-corrected chi connectivity index (χ0v) is 10.8. The monoisotopic (exact) mass is 293 g/mol. The van der Waals surface area contributed by atoms with Gasteiger partial charge >= 0.3 is 0 Å². The second-order valence-corrected chi connectivity index (χ2v) is 4.95. The van der Waals surface area contributed by atoms with Crippen LogP contribution in [0.15, 0.2) is 39.8 Å². The minimum atomic E-state index is 0.585. The molecule has 2 aromatic heterocycles. The highest BCUT2D eigenvalue weighted by molar-refractivity contribution is 9.10. The smallest absolute Gasteiger partial charge is 0.133 e. The van der Waals surface area contributed by atoms with Gasteiger partial charge in [-0.2, -0.15) is 0 Å². The van der Waals surface area contributed by atoms with Crippen LogP contribution in [0.25, 0.3) is 0 Å². The fraction of sp³-hybridized carbons (Fsp3) is 0.333. The number of aromatic nitrogens is 2. The Hall–Kier alpha value is -1.36. The van der Waals surface area contributed by atoms with Gasteiger partial charge in [0.1, 0.15) is 22.5 Å². The summed E-state index contributed by atoms with van der Waals surface area (Å²) < 4.78 is 6.21. The maximum atomic E-state index is 5.40. The lowest BCUT2D eigenvalue weighted by molar-refractivity contribution is 0.500. The lowest BCUT2D eigenvalue weighted by Crippen LogP contribution is -2.25. The van der Waals surface area contributed by atoms with E-state index in [0.29, 0.717) is 6.04 Å². The first-order valence-corrected chi connectivity index (χ1v) is 6.39. The zero-order chi connectivity index (χ0) is 11.7. The van der Waals surface area contributed by atoms with E-state index in [4.69, 9.17) is 4.42 Å². The van der Waals surface area contributed by atoms with E-state index in [1.54, 1.807) is 12.6 Å². The number of nitrogens with zero attached hydrogens (tertiary/aromatic N) is 3. The van der Waals surface area contributed by atoms with Crippen molar-refractivity contribution in [1.82, 2.24) is 9.97 Å². The van der Waals surface area contributed by atoms with E-state index < -0.39 is 0 Å². The molecule has 1 saturated carbocycles. The van der Waals surface area contributed by atoms with Gasteiger partial charge in [-0.3, -0.25) is 0 Å². The molecule has 0 amide bonds. The van der Waals surface area contributed by atoms with E-state index in [1.165, 1.54) is 12.8 Å². The lowest BCUT2D eigenvalue weighted by atomic mass is 10.3. The Morgan fingerprint density at radius 1 is 1.41 bits per heavy atom. The summed E-state index contributed by atoms with van der Waals surface area (Å²) in [7, 11) is 0. The maximum absolute atomic E-state index is 5.40. The Bertz CT molecular complexity index is 496. The standard InChI is InChI=1S/C12H12BrN3O/c13-11-6-12(15-8-14-11)16(9-3-4-9)7-10-2-1-5-17-10/h1-2,5-6,8-9H,3-4,7H2. The number of anilines is 1. The average molecular weight is 294 g/mol.